The first-order valence-electron chi connectivity index (χ1n) is 5.06. The number of aliphatic hydroxyl groups is 1. The average molecular weight is 194 g/mol. The van der Waals surface area contributed by atoms with Crippen LogP contribution in [0, 0.1) is 6.92 Å². The zero-order valence-electron chi connectivity index (χ0n) is 8.90. The normalized spacial score (nSPS) is 10.2. The summed E-state index contributed by atoms with van der Waals surface area (Å²) >= 11 is 0. The van der Waals surface area contributed by atoms with Crippen molar-refractivity contribution in [2.24, 2.45) is 0 Å². The molecule has 14 heavy (non-hydrogen) atoms. The molecule has 0 spiro atoms. The van der Waals surface area contributed by atoms with Gasteiger partial charge in [0.25, 0.3) is 0 Å². The summed E-state index contributed by atoms with van der Waals surface area (Å²) in [4.78, 5) is 6.40. The van der Waals surface area contributed by atoms with Crippen LogP contribution in [-0.4, -0.2) is 29.8 Å². The standard InChI is InChI=1S/C11H18N2O/c1-3-13(7-4-8-14)11-5-6-12-10(2)9-11/h5-6,9,14H,3-4,7-8H2,1-2H3. The van der Waals surface area contributed by atoms with Gasteiger partial charge in [0.1, 0.15) is 0 Å². The van der Waals surface area contributed by atoms with Gasteiger partial charge in [0.15, 0.2) is 0 Å². The van der Waals surface area contributed by atoms with Crippen LogP contribution in [0.25, 0.3) is 0 Å². The zero-order valence-corrected chi connectivity index (χ0v) is 8.90. The number of nitrogens with zero attached hydrogens (tertiary/aromatic N) is 2. The van der Waals surface area contributed by atoms with Crippen molar-refractivity contribution in [3.8, 4) is 0 Å². The lowest BCUT2D eigenvalue weighted by Gasteiger charge is -2.22. The molecule has 0 aliphatic rings. The summed E-state index contributed by atoms with van der Waals surface area (Å²) in [5.41, 5.74) is 2.22. The second kappa shape index (κ2) is 5.60. The van der Waals surface area contributed by atoms with Crippen molar-refractivity contribution < 1.29 is 5.11 Å². The highest BCUT2D eigenvalue weighted by Crippen LogP contribution is 2.13. The smallest absolute Gasteiger partial charge is 0.0447 e. The third-order valence-electron chi connectivity index (χ3n) is 2.21. The lowest BCUT2D eigenvalue weighted by molar-refractivity contribution is 0.289. The van der Waals surface area contributed by atoms with E-state index in [0.29, 0.717) is 0 Å². The Hall–Kier alpha value is -1.09. The molecule has 3 heteroatoms. The van der Waals surface area contributed by atoms with Crippen molar-refractivity contribution in [3.05, 3.63) is 24.0 Å². The van der Waals surface area contributed by atoms with Crippen LogP contribution in [0.4, 0.5) is 5.69 Å². The van der Waals surface area contributed by atoms with E-state index in [2.05, 4.69) is 22.9 Å². The molecule has 1 aromatic heterocycles. The van der Waals surface area contributed by atoms with Crippen LogP contribution >= 0.6 is 0 Å². The minimum Gasteiger partial charge on any atom is -0.396 e. The van der Waals surface area contributed by atoms with E-state index in [4.69, 9.17) is 5.11 Å². The number of hydrogen-bond acceptors (Lipinski definition) is 3. The fraction of sp³-hybridized carbons (Fsp3) is 0.545. The van der Waals surface area contributed by atoms with Crippen molar-refractivity contribution in [1.29, 1.82) is 0 Å². The van der Waals surface area contributed by atoms with Gasteiger partial charge in [0, 0.05) is 37.3 Å². The second-order valence-corrected chi connectivity index (χ2v) is 3.31. The van der Waals surface area contributed by atoms with Crippen molar-refractivity contribution in [2.75, 3.05) is 24.6 Å². The maximum Gasteiger partial charge on any atom is 0.0447 e. The molecular formula is C11H18N2O. The van der Waals surface area contributed by atoms with E-state index in [1.165, 1.54) is 5.69 Å². The Morgan fingerprint density at radius 2 is 2.29 bits per heavy atom. The molecule has 0 fully saturated rings. The Bertz CT molecular complexity index is 276. The average Bonchev–Trinajstić information content (AvgIpc) is 2.19. The van der Waals surface area contributed by atoms with Gasteiger partial charge in [0.05, 0.1) is 0 Å². The van der Waals surface area contributed by atoms with Gasteiger partial charge in [-0.3, -0.25) is 4.98 Å². The highest BCUT2D eigenvalue weighted by atomic mass is 16.3. The minimum atomic E-state index is 0.251. The minimum absolute atomic E-state index is 0.251. The van der Waals surface area contributed by atoms with Gasteiger partial charge in [-0.15, -0.1) is 0 Å². The third-order valence-corrected chi connectivity index (χ3v) is 2.21. The number of anilines is 1. The molecule has 1 rings (SSSR count). The van der Waals surface area contributed by atoms with Crippen LogP contribution in [0.15, 0.2) is 18.3 Å². The van der Waals surface area contributed by atoms with E-state index in [1.807, 2.05) is 19.2 Å². The zero-order chi connectivity index (χ0) is 10.4. The number of aromatic nitrogens is 1. The molecule has 0 saturated heterocycles. The highest BCUT2D eigenvalue weighted by Gasteiger charge is 2.03. The van der Waals surface area contributed by atoms with Crippen LogP contribution in [-0.2, 0) is 0 Å². The van der Waals surface area contributed by atoms with Gasteiger partial charge in [-0.1, -0.05) is 0 Å². The first-order valence-corrected chi connectivity index (χ1v) is 5.06. The molecule has 3 nitrogen and oxygen atoms in total. The van der Waals surface area contributed by atoms with Crippen LogP contribution in [0.3, 0.4) is 0 Å². The molecule has 0 bridgehead atoms. The molecule has 1 aromatic rings. The summed E-state index contributed by atoms with van der Waals surface area (Å²) < 4.78 is 0. The molecule has 0 atom stereocenters. The summed E-state index contributed by atoms with van der Waals surface area (Å²) in [5.74, 6) is 0. The van der Waals surface area contributed by atoms with Crippen LogP contribution in [0.5, 0.6) is 0 Å². The van der Waals surface area contributed by atoms with Gasteiger partial charge in [-0.05, 0) is 32.4 Å². The van der Waals surface area contributed by atoms with Crippen molar-refractivity contribution in [1.82, 2.24) is 4.98 Å². The summed E-state index contributed by atoms with van der Waals surface area (Å²) in [6, 6.07) is 4.08. The van der Waals surface area contributed by atoms with Gasteiger partial charge in [-0.25, -0.2) is 0 Å². The molecule has 0 aliphatic carbocycles. The van der Waals surface area contributed by atoms with Gasteiger partial charge < -0.3 is 10.0 Å². The largest absolute Gasteiger partial charge is 0.396 e. The lowest BCUT2D eigenvalue weighted by atomic mass is 10.3. The molecular weight excluding hydrogens is 176 g/mol. The molecule has 0 aromatic carbocycles. The predicted molar refractivity (Wildman–Crippen MR) is 58.6 cm³/mol. The summed E-state index contributed by atoms with van der Waals surface area (Å²) in [7, 11) is 0. The quantitative estimate of drug-likeness (QED) is 0.773. The van der Waals surface area contributed by atoms with Crippen LogP contribution in [0.1, 0.15) is 19.0 Å². The first kappa shape index (κ1) is 11.0. The maximum atomic E-state index is 8.77. The summed E-state index contributed by atoms with van der Waals surface area (Å²) in [5, 5.41) is 8.77. The predicted octanol–water partition coefficient (Wildman–Crippen LogP) is 1.60. The molecule has 0 amide bonds. The SMILES string of the molecule is CCN(CCCO)c1ccnc(C)c1. The van der Waals surface area contributed by atoms with Gasteiger partial charge >= 0.3 is 0 Å². The number of aliphatic hydroxyl groups excluding tert-OH is 1. The van der Waals surface area contributed by atoms with E-state index in [-0.39, 0.29) is 6.61 Å². The molecule has 0 aliphatic heterocycles. The Morgan fingerprint density at radius 3 is 2.86 bits per heavy atom. The molecule has 78 valence electrons. The third kappa shape index (κ3) is 3.00. The Kier molecular flexibility index (Phi) is 4.40. The fourth-order valence-electron chi connectivity index (χ4n) is 1.46. The van der Waals surface area contributed by atoms with E-state index in [0.717, 1.165) is 25.2 Å². The number of rotatable bonds is 5. The van der Waals surface area contributed by atoms with Crippen molar-refractivity contribution in [2.45, 2.75) is 20.3 Å². The number of hydrogen-bond donors (Lipinski definition) is 1. The first-order chi connectivity index (χ1) is 6.77. The summed E-state index contributed by atoms with van der Waals surface area (Å²) in [6.07, 6.45) is 2.64. The van der Waals surface area contributed by atoms with Crippen molar-refractivity contribution >= 4 is 5.69 Å². The van der Waals surface area contributed by atoms with Crippen LogP contribution in [0.2, 0.25) is 0 Å². The van der Waals surface area contributed by atoms with E-state index in [1.54, 1.807) is 0 Å². The topological polar surface area (TPSA) is 36.4 Å². The van der Waals surface area contributed by atoms with Crippen LogP contribution < -0.4 is 4.90 Å². The van der Waals surface area contributed by atoms with E-state index < -0.39 is 0 Å². The summed E-state index contributed by atoms with van der Waals surface area (Å²) in [6.45, 7) is 6.22. The second-order valence-electron chi connectivity index (χ2n) is 3.31. The number of pyridine rings is 1. The number of aryl methyl sites for hydroxylation is 1. The van der Waals surface area contributed by atoms with Gasteiger partial charge in [-0.2, -0.15) is 0 Å². The molecule has 0 unspecified atom stereocenters. The maximum absolute atomic E-state index is 8.77. The molecule has 1 N–H and O–H groups in total. The fourth-order valence-corrected chi connectivity index (χ4v) is 1.46. The lowest BCUT2D eigenvalue weighted by Crippen LogP contribution is -2.24. The van der Waals surface area contributed by atoms with Crippen molar-refractivity contribution in [3.63, 3.8) is 0 Å². The van der Waals surface area contributed by atoms with E-state index in [9.17, 15) is 0 Å². The monoisotopic (exact) mass is 194 g/mol. The molecule has 0 saturated carbocycles. The highest BCUT2D eigenvalue weighted by molar-refractivity contribution is 5.46. The Morgan fingerprint density at radius 1 is 1.50 bits per heavy atom. The Balaban J connectivity index is 2.68. The van der Waals surface area contributed by atoms with E-state index >= 15 is 0 Å². The molecule has 1 heterocycles. The molecule has 0 radical (unpaired) electrons. The van der Waals surface area contributed by atoms with Gasteiger partial charge in [0.2, 0.25) is 0 Å². The Labute approximate surface area is 85.4 Å².